The lowest BCUT2D eigenvalue weighted by atomic mass is 10.1. The van der Waals surface area contributed by atoms with Crippen molar-refractivity contribution < 1.29 is 13.2 Å². The molecule has 1 saturated heterocycles. The van der Waals surface area contributed by atoms with Crippen LogP contribution in [0.3, 0.4) is 0 Å². The maximum Gasteiger partial charge on any atom is 0.416 e. The fourth-order valence-corrected chi connectivity index (χ4v) is 2.47. The first-order valence-corrected chi connectivity index (χ1v) is 6.07. The summed E-state index contributed by atoms with van der Waals surface area (Å²) in [6, 6.07) is 5.85. The van der Waals surface area contributed by atoms with Gasteiger partial charge >= 0.3 is 6.18 Å². The number of nitrogens with zero attached hydrogens (tertiary/aromatic N) is 1. The average molecular weight is 255 g/mol. The number of hydrogen-bond donors (Lipinski definition) is 0. The Bertz CT molecular complexity index is 425. The van der Waals surface area contributed by atoms with E-state index in [1.165, 1.54) is 12.1 Å². The largest absolute Gasteiger partial charge is 0.416 e. The lowest BCUT2D eigenvalue weighted by Gasteiger charge is -2.26. The van der Waals surface area contributed by atoms with Crippen molar-refractivity contribution in [3.05, 3.63) is 42.5 Å². The molecule has 0 aromatic heterocycles. The van der Waals surface area contributed by atoms with Crippen molar-refractivity contribution in [3.63, 3.8) is 0 Å². The molecule has 0 spiro atoms. The van der Waals surface area contributed by atoms with Crippen molar-refractivity contribution in [2.24, 2.45) is 0 Å². The predicted octanol–water partition coefficient (Wildman–Crippen LogP) is 4.25. The number of anilines is 1. The molecule has 1 aliphatic rings. The van der Waals surface area contributed by atoms with Crippen LogP contribution in [-0.4, -0.2) is 12.6 Å². The molecule has 2 rings (SSSR count). The maximum atomic E-state index is 12.7. The van der Waals surface area contributed by atoms with Crippen LogP contribution in [0.1, 0.15) is 24.8 Å². The Kier molecular flexibility index (Phi) is 3.64. The summed E-state index contributed by atoms with van der Waals surface area (Å²) in [6.07, 6.45) is 0.410. The molecule has 18 heavy (non-hydrogen) atoms. The molecule has 0 aliphatic carbocycles. The van der Waals surface area contributed by atoms with Gasteiger partial charge in [-0.1, -0.05) is 12.1 Å². The molecule has 1 atom stereocenters. The molecule has 1 aromatic rings. The summed E-state index contributed by atoms with van der Waals surface area (Å²) in [5.41, 5.74) is 0.0819. The molecule has 98 valence electrons. The van der Waals surface area contributed by atoms with Gasteiger partial charge in [0, 0.05) is 18.3 Å². The second-order valence-electron chi connectivity index (χ2n) is 4.56. The van der Waals surface area contributed by atoms with Crippen LogP contribution in [0.15, 0.2) is 36.9 Å². The predicted molar refractivity (Wildman–Crippen MR) is 66.6 cm³/mol. The lowest BCUT2D eigenvalue weighted by Crippen LogP contribution is -2.28. The van der Waals surface area contributed by atoms with Crippen molar-refractivity contribution in [3.8, 4) is 0 Å². The minimum absolute atomic E-state index is 0.283. The second kappa shape index (κ2) is 5.04. The molecule has 1 aliphatic heterocycles. The first-order valence-electron chi connectivity index (χ1n) is 6.07. The van der Waals surface area contributed by atoms with Crippen LogP contribution in [0.2, 0.25) is 0 Å². The van der Waals surface area contributed by atoms with E-state index in [-0.39, 0.29) is 6.04 Å². The summed E-state index contributed by atoms with van der Waals surface area (Å²) < 4.78 is 38.0. The van der Waals surface area contributed by atoms with Gasteiger partial charge in [-0.25, -0.2) is 0 Å². The van der Waals surface area contributed by atoms with Gasteiger partial charge in [0.05, 0.1) is 5.56 Å². The molecule has 0 N–H and O–H groups in total. The van der Waals surface area contributed by atoms with Gasteiger partial charge in [-0.2, -0.15) is 13.2 Å². The maximum absolute atomic E-state index is 12.7. The molecule has 1 fully saturated rings. The highest BCUT2D eigenvalue weighted by Crippen LogP contribution is 2.34. The van der Waals surface area contributed by atoms with E-state index in [9.17, 15) is 13.2 Å². The molecule has 0 radical (unpaired) electrons. The summed E-state index contributed by atoms with van der Waals surface area (Å²) in [4.78, 5) is 2.05. The van der Waals surface area contributed by atoms with Crippen molar-refractivity contribution in [2.45, 2.75) is 31.5 Å². The van der Waals surface area contributed by atoms with E-state index in [4.69, 9.17) is 0 Å². The van der Waals surface area contributed by atoms with Crippen LogP contribution in [-0.2, 0) is 6.18 Å². The van der Waals surface area contributed by atoms with Gasteiger partial charge in [-0.05, 0) is 37.5 Å². The fraction of sp³-hybridized carbons (Fsp3) is 0.429. The van der Waals surface area contributed by atoms with E-state index in [1.807, 2.05) is 6.08 Å². The third-order valence-electron chi connectivity index (χ3n) is 3.32. The summed E-state index contributed by atoms with van der Waals surface area (Å²) >= 11 is 0. The van der Waals surface area contributed by atoms with E-state index in [1.54, 1.807) is 6.07 Å². The Morgan fingerprint density at radius 2 is 2.17 bits per heavy atom. The molecule has 0 bridgehead atoms. The van der Waals surface area contributed by atoms with Gasteiger partial charge in [0.1, 0.15) is 0 Å². The monoisotopic (exact) mass is 255 g/mol. The Morgan fingerprint density at radius 3 is 2.83 bits per heavy atom. The highest BCUT2D eigenvalue weighted by molar-refractivity contribution is 5.51. The molecule has 4 heteroatoms. The van der Waals surface area contributed by atoms with Gasteiger partial charge in [-0.15, -0.1) is 6.58 Å². The van der Waals surface area contributed by atoms with Gasteiger partial charge < -0.3 is 4.90 Å². The number of halogens is 3. The van der Waals surface area contributed by atoms with Crippen LogP contribution in [0.5, 0.6) is 0 Å². The third-order valence-corrected chi connectivity index (χ3v) is 3.32. The lowest BCUT2D eigenvalue weighted by molar-refractivity contribution is -0.137. The molecule has 1 aromatic carbocycles. The average Bonchev–Trinajstić information content (AvgIpc) is 2.77. The molecular weight excluding hydrogens is 239 g/mol. The third kappa shape index (κ3) is 2.68. The summed E-state index contributed by atoms with van der Waals surface area (Å²) in [6.45, 7) is 4.52. The zero-order valence-corrected chi connectivity index (χ0v) is 10.1. The second-order valence-corrected chi connectivity index (χ2v) is 4.56. The Hall–Kier alpha value is -1.45. The first-order chi connectivity index (χ1) is 8.52. The van der Waals surface area contributed by atoms with Gasteiger partial charge in [0.15, 0.2) is 0 Å². The standard InChI is InChI=1S/C14H16F3N/c1-2-5-12-8-4-9-18(12)13-7-3-6-11(10-13)14(15,16)17/h2-3,6-7,10,12H,1,4-5,8-9H2/t12-/m0/s1. The number of hydrogen-bond acceptors (Lipinski definition) is 1. The zero-order valence-electron chi connectivity index (χ0n) is 10.1. The molecule has 0 saturated carbocycles. The quantitative estimate of drug-likeness (QED) is 0.730. The van der Waals surface area contributed by atoms with E-state index >= 15 is 0 Å². The molecule has 1 nitrogen and oxygen atoms in total. The van der Waals surface area contributed by atoms with Crippen molar-refractivity contribution in [2.75, 3.05) is 11.4 Å². The molecule has 0 amide bonds. The number of alkyl halides is 3. The summed E-state index contributed by atoms with van der Waals surface area (Å²) in [5, 5.41) is 0. The minimum atomic E-state index is -4.27. The number of rotatable bonds is 3. The van der Waals surface area contributed by atoms with E-state index in [0.29, 0.717) is 5.69 Å². The normalized spacial score (nSPS) is 20.2. The van der Waals surface area contributed by atoms with E-state index in [2.05, 4.69) is 11.5 Å². The van der Waals surface area contributed by atoms with Crippen LogP contribution < -0.4 is 4.90 Å². The van der Waals surface area contributed by atoms with Crippen LogP contribution in [0, 0.1) is 0 Å². The Morgan fingerprint density at radius 1 is 1.39 bits per heavy atom. The van der Waals surface area contributed by atoms with Crippen LogP contribution in [0.4, 0.5) is 18.9 Å². The highest BCUT2D eigenvalue weighted by atomic mass is 19.4. The first kappa shape index (κ1) is 13.0. The van der Waals surface area contributed by atoms with Gasteiger partial charge in [0.2, 0.25) is 0 Å². The highest BCUT2D eigenvalue weighted by Gasteiger charge is 2.32. The zero-order chi connectivity index (χ0) is 13.2. The van der Waals surface area contributed by atoms with Crippen LogP contribution >= 0.6 is 0 Å². The summed E-state index contributed by atoms with van der Waals surface area (Å²) in [7, 11) is 0. The summed E-state index contributed by atoms with van der Waals surface area (Å²) in [5.74, 6) is 0. The SMILES string of the molecule is C=CC[C@H]1CCCN1c1cccc(C(F)(F)F)c1. The van der Waals surface area contributed by atoms with Crippen LogP contribution in [0.25, 0.3) is 0 Å². The molecular formula is C14H16F3N. The van der Waals surface area contributed by atoms with Gasteiger partial charge in [-0.3, -0.25) is 0 Å². The van der Waals surface area contributed by atoms with Crippen molar-refractivity contribution in [1.29, 1.82) is 0 Å². The number of benzene rings is 1. The molecule has 0 unspecified atom stereocenters. The smallest absolute Gasteiger partial charge is 0.368 e. The Balaban J connectivity index is 2.25. The van der Waals surface area contributed by atoms with Gasteiger partial charge in [0.25, 0.3) is 0 Å². The van der Waals surface area contributed by atoms with Crippen molar-refractivity contribution >= 4 is 5.69 Å². The Labute approximate surface area is 105 Å². The topological polar surface area (TPSA) is 3.24 Å². The van der Waals surface area contributed by atoms with E-state index < -0.39 is 11.7 Å². The minimum Gasteiger partial charge on any atom is -0.368 e. The van der Waals surface area contributed by atoms with E-state index in [0.717, 1.165) is 31.9 Å². The fourth-order valence-electron chi connectivity index (χ4n) is 2.47. The molecule has 1 heterocycles. The van der Waals surface area contributed by atoms with Crippen molar-refractivity contribution in [1.82, 2.24) is 0 Å².